The first kappa shape index (κ1) is 14.3. The predicted octanol–water partition coefficient (Wildman–Crippen LogP) is 2.81. The van der Waals surface area contributed by atoms with E-state index in [1.165, 1.54) is 0 Å². The SMILES string of the molecule is CC(C)CNC(=O)CCNc1ccc2ccccc2n1. The third-order valence-electron chi connectivity index (χ3n) is 2.96. The lowest BCUT2D eigenvalue weighted by Gasteiger charge is -2.09. The van der Waals surface area contributed by atoms with E-state index in [2.05, 4.69) is 29.5 Å². The molecule has 0 aliphatic rings. The summed E-state index contributed by atoms with van der Waals surface area (Å²) in [5.74, 6) is 1.36. The van der Waals surface area contributed by atoms with E-state index < -0.39 is 0 Å². The Morgan fingerprint density at radius 3 is 2.80 bits per heavy atom. The van der Waals surface area contributed by atoms with Crippen LogP contribution in [0.25, 0.3) is 10.9 Å². The molecule has 1 heterocycles. The van der Waals surface area contributed by atoms with E-state index in [-0.39, 0.29) is 5.91 Å². The summed E-state index contributed by atoms with van der Waals surface area (Å²) in [6.45, 7) is 5.48. The number of amides is 1. The van der Waals surface area contributed by atoms with Gasteiger partial charge in [-0.2, -0.15) is 0 Å². The van der Waals surface area contributed by atoms with E-state index in [1.54, 1.807) is 0 Å². The van der Waals surface area contributed by atoms with Crippen molar-refractivity contribution in [1.82, 2.24) is 10.3 Å². The summed E-state index contributed by atoms with van der Waals surface area (Å²) in [6, 6.07) is 12.0. The van der Waals surface area contributed by atoms with Gasteiger partial charge < -0.3 is 10.6 Å². The highest BCUT2D eigenvalue weighted by Gasteiger charge is 2.02. The maximum absolute atomic E-state index is 11.6. The van der Waals surface area contributed by atoms with Crippen LogP contribution in [0.2, 0.25) is 0 Å². The van der Waals surface area contributed by atoms with E-state index in [0.717, 1.165) is 23.3 Å². The molecule has 4 heteroatoms. The molecule has 1 amide bonds. The number of anilines is 1. The van der Waals surface area contributed by atoms with E-state index >= 15 is 0 Å². The van der Waals surface area contributed by atoms with Gasteiger partial charge in [-0.25, -0.2) is 4.98 Å². The lowest BCUT2D eigenvalue weighted by Crippen LogP contribution is -2.28. The van der Waals surface area contributed by atoms with Gasteiger partial charge >= 0.3 is 0 Å². The summed E-state index contributed by atoms with van der Waals surface area (Å²) >= 11 is 0. The molecule has 0 unspecified atom stereocenters. The highest BCUT2D eigenvalue weighted by molar-refractivity contribution is 5.80. The quantitative estimate of drug-likeness (QED) is 0.849. The van der Waals surface area contributed by atoms with Gasteiger partial charge in [0.2, 0.25) is 5.91 Å². The summed E-state index contributed by atoms with van der Waals surface area (Å²) in [7, 11) is 0. The zero-order valence-corrected chi connectivity index (χ0v) is 12.0. The number of carbonyl (C=O) groups excluding carboxylic acids is 1. The van der Waals surface area contributed by atoms with Crippen molar-refractivity contribution in [2.75, 3.05) is 18.4 Å². The van der Waals surface area contributed by atoms with Crippen molar-refractivity contribution >= 4 is 22.6 Å². The number of nitrogens with zero attached hydrogens (tertiary/aromatic N) is 1. The number of hydrogen-bond donors (Lipinski definition) is 2. The van der Waals surface area contributed by atoms with Crippen LogP contribution in [-0.4, -0.2) is 24.0 Å². The standard InChI is InChI=1S/C16H21N3O/c1-12(2)11-18-16(20)9-10-17-15-8-7-13-5-3-4-6-14(13)19-15/h3-8,12H,9-11H2,1-2H3,(H,17,19)(H,18,20). The minimum atomic E-state index is 0.0759. The first-order valence-electron chi connectivity index (χ1n) is 7.01. The van der Waals surface area contributed by atoms with Crippen molar-refractivity contribution in [2.24, 2.45) is 5.92 Å². The number of aromatic nitrogens is 1. The molecule has 0 spiro atoms. The Morgan fingerprint density at radius 1 is 1.20 bits per heavy atom. The first-order chi connectivity index (χ1) is 9.65. The van der Waals surface area contributed by atoms with Gasteiger partial charge in [0, 0.05) is 24.9 Å². The molecule has 0 saturated heterocycles. The summed E-state index contributed by atoms with van der Waals surface area (Å²) in [6.07, 6.45) is 0.460. The normalized spacial score (nSPS) is 10.8. The molecule has 4 nitrogen and oxygen atoms in total. The molecule has 0 bridgehead atoms. The minimum Gasteiger partial charge on any atom is -0.370 e. The third kappa shape index (κ3) is 4.23. The predicted molar refractivity (Wildman–Crippen MR) is 82.7 cm³/mol. The highest BCUT2D eigenvalue weighted by Crippen LogP contribution is 2.14. The molecule has 0 aliphatic carbocycles. The number of carbonyl (C=O) groups is 1. The van der Waals surface area contributed by atoms with Crippen molar-refractivity contribution in [2.45, 2.75) is 20.3 Å². The van der Waals surface area contributed by atoms with Gasteiger partial charge in [0.05, 0.1) is 5.52 Å². The summed E-state index contributed by atoms with van der Waals surface area (Å²) in [5, 5.41) is 7.20. The van der Waals surface area contributed by atoms with E-state index in [4.69, 9.17) is 0 Å². The minimum absolute atomic E-state index is 0.0759. The summed E-state index contributed by atoms with van der Waals surface area (Å²) < 4.78 is 0. The average Bonchev–Trinajstić information content (AvgIpc) is 2.45. The van der Waals surface area contributed by atoms with Crippen LogP contribution in [0.4, 0.5) is 5.82 Å². The van der Waals surface area contributed by atoms with Crippen molar-refractivity contribution < 1.29 is 4.79 Å². The maximum atomic E-state index is 11.6. The van der Waals surface area contributed by atoms with Crippen LogP contribution in [0, 0.1) is 5.92 Å². The molecule has 0 aliphatic heterocycles. The molecule has 0 saturated carbocycles. The van der Waals surface area contributed by atoms with Crippen molar-refractivity contribution in [1.29, 1.82) is 0 Å². The Kier molecular flexibility index (Phi) is 4.93. The van der Waals surface area contributed by atoms with Crippen LogP contribution >= 0.6 is 0 Å². The maximum Gasteiger partial charge on any atom is 0.221 e. The lowest BCUT2D eigenvalue weighted by atomic mass is 10.2. The van der Waals surface area contributed by atoms with Crippen molar-refractivity contribution in [3.05, 3.63) is 36.4 Å². The Morgan fingerprint density at radius 2 is 2.00 bits per heavy atom. The Bertz CT molecular complexity index is 581. The number of benzene rings is 1. The van der Waals surface area contributed by atoms with Gasteiger partial charge in [-0.15, -0.1) is 0 Å². The Balaban J connectivity index is 1.82. The number of fused-ring (bicyclic) bond motifs is 1. The van der Waals surface area contributed by atoms with Crippen LogP contribution in [0.3, 0.4) is 0 Å². The molecule has 2 rings (SSSR count). The molecule has 106 valence electrons. The zero-order chi connectivity index (χ0) is 14.4. The second kappa shape index (κ2) is 6.89. The zero-order valence-electron chi connectivity index (χ0n) is 12.0. The summed E-state index contributed by atoms with van der Waals surface area (Å²) in [5.41, 5.74) is 0.960. The van der Waals surface area contributed by atoms with Gasteiger partial charge in [-0.1, -0.05) is 32.0 Å². The Hall–Kier alpha value is -2.10. The van der Waals surface area contributed by atoms with Gasteiger partial charge in [-0.3, -0.25) is 4.79 Å². The topological polar surface area (TPSA) is 54.0 Å². The van der Waals surface area contributed by atoms with E-state index in [0.29, 0.717) is 18.9 Å². The number of hydrogen-bond acceptors (Lipinski definition) is 3. The van der Waals surface area contributed by atoms with Gasteiger partial charge in [0.25, 0.3) is 0 Å². The number of pyridine rings is 1. The lowest BCUT2D eigenvalue weighted by molar-refractivity contribution is -0.120. The molecule has 2 N–H and O–H groups in total. The van der Waals surface area contributed by atoms with Crippen LogP contribution in [0.15, 0.2) is 36.4 Å². The summed E-state index contributed by atoms with van der Waals surface area (Å²) in [4.78, 5) is 16.1. The first-order valence-corrected chi connectivity index (χ1v) is 7.01. The van der Waals surface area contributed by atoms with Crippen LogP contribution in [0.1, 0.15) is 20.3 Å². The van der Waals surface area contributed by atoms with E-state index in [1.807, 2.05) is 36.4 Å². The van der Waals surface area contributed by atoms with Crippen molar-refractivity contribution in [3.63, 3.8) is 0 Å². The fourth-order valence-electron chi connectivity index (χ4n) is 1.87. The average molecular weight is 271 g/mol. The molecular formula is C16H21N3O. The highest BCUT2D eigenvalue weighted by atomic mass is 16.1. The number of rotatable bonds is 6. The number of nitrogens with one attached hydrogen (secondary N) is 2. The van der Waals surface area contributed by atoms with Crippen molar-refractivity contribution in [3.8, 4) is 0 Å². The monoisotopic (exact) mass is 271 g/mol. The smallest absolute Gasteiger partial charge is 0.221 e. The Labute approximate surface area is 119 Å². The largest absolute Gasteiger partial charge is 0.370 e. The molecule has 0 radical (unpaired) electrons. The van der Waals surface area contributed by atoms with Gasteiger partial charge in [0.15, 0.2) is 0 Å². The molecule has 0 atom stereocenters. The third-order valence-corrected chi connectivity index (χ3v) is 2.96. The van der Waals surface area contributed by atoms with Crippen LogP contribution in [0.5, 0.6) is 0 Å². The van der Waals surface area contributed by atoms with Crippen LogP contribution in [-0.2, 0) is 4.79 Å². The second-order valence-electron chi connectivity index (χ2n) is 5.26. The van der Waals surface area contributed by atoms with E-state index in [9.17, 15) is 4.79 Å². The van der Waals surface area contributed by atoms with Crippen LogP contribution < -0.4 is 10.6 Å². The van der Waals surface area contributed by atoms with Gasteiger partial charge in [-0.05, 0) is 24.1 Å². The molecule has 1 aromatic carbocycles. The second-order valence-corrected chi connectivity index (χ2v) is 5.26. The molecular weight excluding hydrogens is 250 g/mol. The fraction of sp³-hybridized carbons (Fsp3) is 0.375. The number of para-hydroxylation sites is 1. The molecule has 0 fully saturated rings. The molecule has 1 aromatic heterocycles. The molecule has 20 heavy (non-hydrogen) atoms. The fourth-order valence-corrected chi connectivity index (χ4v) is 1.87. The molecule has 2 aromatic rings. The van der Waals surface area contributed by atoms with Gasteiger partial charge in [0.1, 0.15) is 5.82 Å².